The van der Waals surface area contributed by atoms with Crippen LogP contribution in [0.15, 0.2) is 54.6 Å². The highest BCUT2D eigenvalue weighted by Gasteiger charge is 2.18. The molecule has 2 rings (SSSR count). The van der Waals surface area contributed by atoms with E-state index in [0.29, 0.717) is 19.4 Å². The smallest absolute Gasteiger partial charge is 0.335 e. The minimum absolute atomic E-state index is 0.0712. The molecule has 2 aromatic rings. The normalized spacial score (nSPS) is 11.6. The van der Waals surface area contributed by atoms with Crippen molar-refractivity contribution in [2.75, 3.05) is 13.1 Å². The number of carbonyl (C=O) groups excluding carboxylic acids is 1. The molecule has 0 aliphatic rings. The minimum atomic E-state index is -0.977. The van der Waals surface area contributed by atoms with Gasteiger partial charge in [-0.3, -0.25) is 9.59 Å². The second-order valence-corrected chi connectivity index (χ2v) is 6.39. The van der Waals surface area contributed by atoms with Crippen molar-refractivity contribution in [2.24, 2.45) is 0 Å². The van der Waals surface area contributed by atoms with Gasteiger partial charge in [-0.2, -0.15) is 0 Å². The third-order valence-corrected chi connectivity index (χ3v) is 4.22. The van der Waals surface area contributed by atoms with E-state index in [-0.39, 0.29) is 24.4 Å². The van der Waals surface area contributed by atoms with Crippen molar-refractivity contribution in [2.45, 2.75) is 25.3 Å². The number of nitrogens with one attached hydrogen (secondary N) is 2. The number of carbonyl (C=O) groups is 3. The van der Waals surface area contributed by atoms with Crippen LogP contribution in [-0.2, 0) is 22.4 Å². The van der Waals surface area contributed by atoms with Crippen molar-refractivity contribution in [1.82, 2.24) is 10.6 Å². The Morgan fingerprint density at radius 2 is 1.61 bits per heavy atom. The first-order valence-electron chi connectivity index (χ1n) is 9.05. The van der Waals surface area contributed by atoms with Gasteiger partial charge >= 0.3 is 11.9 Å². The van der Waals surface area contributed by atoms with Gasteiger partial charge < -0.3 is 20.8 Å². The first kappa shape index (κ1) is 21.1. The highest BCUT2D eigenvalue weighted by atomic mass is 16.4. The lowest BCUT2D eigenvalue weighted by molar-refractivity contribution is -0.137. The summed E-state index contributed by atoms with van der Waals surface area (Å²) < 4.78 is 0. The lowest BCUT2D eigenvalue weighted by Crippen LogP contribution is -2.46. The Hall–Kier alpha value is -3.19. The lowest BCUT2D eigenvalue weighted by atomic mass is 10.0. The Bertz CT molecular complexity index is 807. The van der Waals surface area contributed by atoms with E-state index in [2.05, 4.69) is 10.6 Å². The number of hydrogen-bond donors (Lipinski definition) is 4. The van der Waals surface area contributed by atoms with Crippen LogP contribution in [0.25, 0.3) is 0 Å². The van der Waals surface area contributed by atoms with Crippen LogP contribution < -0.4 is 10.6 Å². The van der Waals surface area contributed by atoms with Gasteiger partial charge in [0, 0.05) is 6.54 Å². The fraction of sp³-hybridized carbons (Fsp3) is 0.286. The third kappa shape index (κ3) is 7.20. The van der Waals surface area contributed by atoms with Crippen LogP contribution in [0.3, 0.4) is 0 Å². The Balaban J connectivity index is 1.96. The summed E-state index contributed by atoms with van der Waals surface area (Å²) in [6, 6.07) is 15.7. The molecule has 7 nitrogen and oxygen atoms in total. The van der Waals surface area contributed by atoms with Gasteiger partial charge in [0.05, 0.1) is 18.0 Å². The number of benzene rings is 2. The zero-order chi connectivity index (χ0) is 20.4. The summed E-state index contributed by atoms with van der Waals surface area (Å²) in [6.45, 7) is 0.550. The molecule has 0 heterocycles. The molecule has 28 heavy (non-hydrogen) atoms. The van der Waals surface area contributed by atoms with E-state index >= 15 is 0 Å². The number of carboxylic acid groups (broad SMARTS) is 2. The fourth-order valence-corrected chi connectivity index (χ4v) is 2.77. The van der Waals surface area contributed by atoms with Crippen LogP contribution in [0, 0.1) is 0 Å². The first-order valence-corrected chi connectivity index (χ1v) is 9.05. The zero-order valence-electron chi connectivity index (χ0n) is 15.4. The molecule has 148 valence electrons. The van der Waals surface area contributed by atoms with Crippen molar-refractivity contribution in [3.63, 3.8) is 0 Å². The van der Waals surface area contributed by atoms with E-state index in [1.807, 2.05) is 36.4 Å². The van der Waals surface area contributed by atoms with Gasteiger partial charge in [0.1, 0.15) is 0 Å². The van der Waals surface area contributed by atoms with Crippen molar-refractivity contribution in [3.05, 3.63) is 71.3 Å². The summed E-state index contributed by atoms with van der Waals surface area (Å²) in [4.78, 5) is 34.2. The van der Waals surface area contributed by atoms with Gasteiger partial charge in [-0.15, -0.1) is 0 Å². The average molecular weight is 384 g/mol. The molecule has 0 radical (unpaired) electrons. The van der Waals surface area contributed by atoms with Gasteiger partial charge in [0.25, 0.3) is 0 Å². The maximum absolute atomic E-state index is 12.5. The van der Waals surface area contributed by atoms with Gasteiger partial charge in [0.2, 0.25) is 5.91 Å². The summed E-state index contributed by atoms with van der Waals surface area (Å²) in [5.74, 6) is -2.20. The molecule has 7 heteroatoms. The summed E-state index contributed by atoms with van der Waals surface area (Å²) in [6.07, 6.45) is 0.898. The number of aromatic carboxylic acids is 1. The maximum atomic E-state index is 12.5. The Morgan fingerprint density at radius 1 is 0.893 bits per heavy atom. The molecular weight excluding hydrogens is 360 g/mol. The number of hydrogen-bond acceptors (Lipinski definition) is 4. The predicted molar refractivity (Wildman–Crippen MR) is 104 cm³/mol. The molecule has 0 aliphatic heterocycles. The summed E-state index contributed by atoms with van der Waals surface area (Å²) >= 11 is 0. The monoisotopic (exact) mass is 384 g/mol. The topological polar surface area (TPSA) is 116 Å². The van der Waals surface area contributed by atoms with E-state index in [4.69, 9.17) is 10.2 Å². The molecular formula is C21H24N2O5. The molecule has 0 unspecified atom stereocenters. The summed E-state index contributed by atoms with van der Waals surface area (Å²) in [5, 5.41) is 23.6. The Labute approximate surface area is 163 Å². The molecule has 0 aliphatic carbocycles. The van der Waals surface area contributed by atoms with Crippen LogP contribution in [0.4, 0.5) is 0 Å². The summed E-state index contributed by atoms with van der Waals surface area (Å²) in [5.41, 5.74) is 2.07. The highest BCUT2D eigenvalue weighted by Crippen LogP contribution is 2.07. The molecule has 0 bridgehead atoms. The van der Waals surface area contributed by atoms with E-state index in [1.165, 1.54) is 6.07 Å². The van der Waals surface area contributed by atoms with Crippen LogP contribution >= 0.6 is 0 Å². The van der Waals surface area contributed by atoms with Crippen molar-refractivity contribution < 1.29 is 24.6 Å². The second kappa shape index (κ2) is 10.8. The molecule has 0 spiro atoms. The van der Waals surface area contributed by atoms with Crippen molar-refractivity contribution in [1.29, 1.82) is 0 Å². The Morgan fingerprint density at radius 3 is 2.29 bits per heavy atom. The molecule has 1 amide bonds. The SMILES string of the molecule is O=C(O)CCNC(=O)[C@H](Cc1ccccc1)NCCc1cccc(C(=O)O)c1. The number of aliphatic carboxylic acids is 1. The molecule has 0 fully saturated rings. The van der Waals surface area contributed by atoms with Gasteiger partial charge in [-0.1, -0.05) is 42.5 Å². The van der Waals surface area contributed by atoms with Crippen LogP contribution in [-0.4, -0.2) is 47.2 Å². The maximum Gasteiger partial charge on any atom is 0.335 e. The van der Waals surface area contributed by atoms with Crippen LogP contribution in [0.5, 0.6) is 0 Å². The minimum Gasteiger partial charge on any atom is -0.481 e. The zero-order valence-corrected chi connectivity index (χ0v) is 15.4. The van der Waals surface area contributed by atoms with E-state index in [1.54, 1.807) is 12.1 Å². The van der Waals surface area contributed by atoms with Gasteiger partial charge in [-0.05, 0) is 42.6 Å². The quantitative estimate of drug-likeness (QED) is 0.469. The number of amides is 1. The molecule has 4 N–H and O–H groups in total. The summed E-state index contributed by atoms with van der Waals surface area (Å²) in [7, 11) is 0. The van der Waals surface area contributed by atoms with E-state index < -0.39 is 18.0 Å². The Kier molecular flexibility index (Phi) is 8.17. The largest absolute Gasteiger partial charge is 0.481 e. The number of rotatable bonds is 11. The van der Waals surface area contributed by atoms with Crippen molar-refractivity contribution in [3.8, 4) is 0 Å². The van der Waals surface area contributed by atoms with E-state index in [9.17, 15) is 14.4 Å². The van der Waals surface area contributed by atoms with Gasteiger partial charge in [0.15, 0.2) is 0 Å². The van der Waals surface area contributed by atoms with E-state index in [0.717, 1.165) is 11.1 Å². The molecule has 2 aromatic carbocycles. The van der Waals surface area contributed by atoms with Crippen LogP contribution in [0.1, 0.15) is 27.9 Å². The van der Waals surface area contributed by atoms with Crippen LogP contribution in [0.2, 0.25) is 0 Å². The molecule has 0 saturated heterocycles. The second-order valence-electron chi connectivity index (χ2n) is 6.39. The standard InChI is InChI=1S/C21H24N2O5/c24-19(25)10-12-23-20(26)18(14-15-5-2-1-3-6-15)22-11-9-16-7-4-8-17(13-16)21(27)28/h1-8,13,18,22H,9-12,14H2,(H,23,26)(H,24,25)(H,27,28)/t18-/m0/s1. The first-order chi connectivity index (χ1) is 13.5. The molecule has 1 atom stereocenters. The molecule has 0 aromatic heterocycles. The average Bonchev–Trinajstić information content (AvgIpc) is 2.68. The lowest BCUT2D eigenvalue weighted by Gasteiger charge is -2.18. The molecule has 0 saturated carbocycles. The number of carboxylic acids is 2. The fourth-order valence-electron chi connectivity index (χ4n) is 2.77. The van der Waals surface area contributed by atoms with Crippen molar-refractivity contribution >= 4 is 17.8 Å². The predicted octanol–water partition coefficient (Wildman–Crippen LogP) is 1.72. The third-order valence-electron chi connectivity index (χ3n) is 4.22. The highest BCUT2D eigenvalue weighted by molar-refractivity contribution is 5.87. The van der Waals surface area contributed by atoms with Gasteiger partial charge in [-0.25, -0.2) is 4.79 Å².